The van der Waals surface area contributed by atoms with Gasteiger partial charge in [0.25, 0.3) is 0 Å². The highest BCUT2D eigenvalue weighted by Crippen LogP contribution is 2.58. The number of aromatic hydroxyl groups is 1. The second-order valence-electron chi connectivity index (χ2n) is 12.1. The molecule has 2 saturated carbocycles. The fourth-order valence-corrected chi connectivity index (χ4v) is 7.15. The fraction of sp³-hybridized carbons (Fsp3) is 0.679. The number of piperidine rings is 1. The maximum atomic E-state index is 13.5. The maximum Gasteiger partial charge on any atom is 0.326 e. The minimum Gasteiger partial charge on any atom is -0.508 e. The summed E-state index contributed by atoms with van der Waals surface area (Å²) in [5, 5.41) is 38.4. The van der Waals surface area contributed by atoms with Crippen LogP contribution in [0.3, 0.4) is 0 Å². The largest absolute Gasteiger partial charge is 0.508 e. The number of benzene rings is 1. The van der Waals surface area contributed by atoms with Crippen molar-refractivity contribution in [3.05, 3.63) is 28.8 Å². The number of nitrogens with one attached hydrogen (secondary N) is 2. The van der Waals surface area contributed by atoms with Crippen molar-refractivity contribution >= 4 is 17.7 Å². The van der Waals surface area contributed by atoms with Gasteiger partial charge in [0.2, 0.25) is 5.91 Å². The molecule has 5 rings (SSSR count). The zero-order chi connectivity index (χ0) is 25.8. The molecular weight excluding hydrogens is 460 g/mol. The highest BCUT2D eigenvalue weighted by atomic mass is 16.4. The van der Waals surface area contributed by atoms with Crippen molar-refractivity contribution in [2.24, 2.45) is 17.8 Å². The van der Waals surface area contributed by atoms with E-state index >= 15 is 0 Å². The van der Waals surface area contributed by atoms with Gasteiger partial charge in [-0.05, 0) is 92.1 Å². The summed E-state index contributed by atoms with van der Waals surface area (Å²) in [7, 11) is 0. The number of rotatable bonds is 8. The lowest BCUT2D eigenvalue weighted by Gasteiger charge is -2.62. The van der Waals surface area contributed by atoms with Gasteiger partial charge in [-0.15, -0.1) is 0 Å². The molecule has 0 spiro atoms. The second-order valence-corrected chi connectivity index (χ2v) is 12.1. The molecule has 0 aromatic heterocycles. The van der Waals surface area contributed by atoms with Gasteiger partial charge in [0.05, 0.1) is 5.60 Å². The summed E-state index contributed by atoms with van der Waals surface area (Å²) in [5.74, 6) is -1.40. The van der Waals surface area contributed by atoms with Crippen LogP contribution in [0.15, 0.2) is 12.1 Å². The van der Waals surface area contributed by atoms with Crippen molar-refractivity contribution in [2.45, 2.75) is 94.7 Å². The topological polar surface area (TPSA) is 136 Å². The van der Waals surface area contributed by atoms with Crippen LogP contribution in [0, 0.1) is 17.8 Å². The molecule has 1 aromatic carbocycles. The molecule has 0 unspecified atom stereocenters. The number of hydrogen-bond acceptors (Lipinski definition) is 6. The summed E-state index contributed by atoms with van der Waals surface area (Å²) in [4.78, 5) is 37.9. The number of Topliss-reactive ketones (excluding diaryl/α,β-unsaturated/α-hetero) is 1. The van der Waals surface area contributed by atoms with Crippen LogP contribution in [0.4, 0.5) is 0 Å². The third-order valence-corrected chi connectivity index (χ3v) is 9.07. The molecule has 1 heterocycles. The van der Waals surface area contributed by atoms with E-state index in [0.717, 1.165) is 23.1 Å². The van der Waals surface area contributed by atoms with E-state index in [-0.39, 0.29) is 42.8 Å². The number of fused-ring (bicyclic) bond motifs is 1. The SMILES string of the molecule is CC(C)C[C@H](NC(=O)C[C@H]1C[C@@]2(O)[C@H]3Cc4c(CC5CC5)cc(O)cc4[C@@]2(CCN3)CC1=O)C(=O)O. The molecule has 1 aromatic rings. The summed E-state index contributed by atoms with van der Waals surface area (Å²) in [6.45, 7) is 4.46. The molecule has 1 saturated heterocycles. The Morgan fingerprint density at radius 3 is 2.67 bits per heavy atom. The van der Waals surface area contributed by atoms with Gasteiger partial charge in [-0.25, -0.2) is 4.79 Å². The molecule has 36 heavy (non-hydrogen) atoms. The number of aliphatic carboxylic acids is 1. The first-order chi connectivity index (χ1) is 17.0. The average Bonchev–Trinajstić information content (AvgIpc) is 3.58. The van der Waals surface area contributed by atoms with E-state index in [0.29, 0.717) is 31.7 Å². The van der Waals surface area contributed by atoms with E-state index in [1.165, 1.54) is 12.8 Å². The molecule has 196 valence electrons. The minimum absolute atomic E-state index is 0.0776. The molecule has 1 aliphatic heterocycles. The normalized spacial score (nSPS) is 31.9. The molecular formula is C28H38N2O6. The average molecular weight is 499 g/mol. The maximum absolute atomic E-state index is 13.5. The van der Waals surface area contributed by atoms with Gasteiger partial charge in [0.15, 0.2) is 0 Å². The van der Waals surface area contributed by atoms with Crippen LogP contribution in [0.25, 0.3) is 0 Å². The Morgan fingerprint density at radius 1 is 1.25 bits per heavy atom. The molecule has 1 amide bonds. The Kier molecular flexibility index (Phi) is 6.40. The van der Waals surface area contributed by atoms with Gasteiger partial charge >= 0.3 is 5.97 Å². The van der Waals surface area contributed by atoms with Gasteiger partial charge in [0.1, 0.15) is 17.6 Å². The first-order valence-corrected chi connectivity index (χ1v) is 13.4. The van der Waals surface area contributed by atoms with E-state index in [2.05, 4.69) is 10.6 Å². The lowest BCUT2D eigenvalue weighted by atomic mass is 9.47. The lowest BCUT2D eigenvalue weighted by molar-refractivity contribution is -0.161. The van der Waals surface area contributed by atoms with Gasteiger partial charge < -0.3 is 26.0 Å². The Hall–Kier alpha value is -2.45. The van der Waals surface area contributed by atoms with Crippen LogP contribution in [-0.4, -0.2) is 57.2 Å². The Bertz CT molecular complexity index is 1080. The van der Waals surface area contributed by atoms with E-state index < -0.39 is 34.9 Å². The number of ketones is 1. The van der Waals surface area contributed by atoms with Crippen LogP contribution in [0.2, 0.25) is 0 Å². The highest BCUT2D eigenvalue weighted by Gasteiger charge is 2.65. The number of carbonyl (C=O) groups is 3. The Morgan fingerprint density at radius 2 is 2.00 bits per heavy atom. The van der Waals surface area contributed by atoms with Crippen LogP contribution in [-0.2, 0) is 32.6 Å². The summed E-state index contributed by atoms with van der Waals surface area (Å²) < 4.78 is 0. The molecule has 2 bridgehead atoms. The van der Waals surface area contributed by atoms with Gasteiger partial charge in [-0.1, -0.05) is 13.8 Å². The van der Waals surface area contributed by atoms with Gasteiger partial charge in [0, 0.05) is 30.2 Å². The molecule has 8 heteroatoms. The lowest BCUT2D eigenvalue weighted by Crippen LogP contribution is -2.73. The summed E-state index contributed by atoms with van der Waals surface area (Å²) in [5.41, 5.74) is 1.16. The highest BCUT2D eigenvalue weighted by molar-refractivity contribution is 5.91. The molecule has 8 nitrogen and oxygen atoms in total. The summed E-state index contributed by atoms with van der Waals surface area (Å²) in [6, 6.07) is 2.36. The number of phenols is 1. The van der Waals surface area contributed by atoms with E-state index in [1.54, 1.807) is 6.07 Å². The Labute approximate surface area is 211 Å². The van der Waals surface area contributed by atoms with Crippen LogP contribution >= 0.6 is 0 Å². The first kappa shape index (κ1) is 25.2. The Balaban J connectivity index is 1.42. The third kappa shape index (κ3) is 4.32. The van der Waals surface area contributed by atoms with E-state index in [4.69, 9.17) is 0 Å². The monoisotopic (exact) mass is 498 g/mol. The number of carboxylic acid groups (broad SMARTS) is 1. The zero-order valence-electron chi connectivity index (χ0n) is 21.2. The summed E-state index contributed by atoms with van der Waals surface area (Å²) >= 11 is 0. The predicted octanol–water partition coefficient (Wildman–Crippen LogP) is 2.22. The van der Waals surface area contributed by atoms with E-state index in [9.17, 15) is 29.7 Å². The predicted molar refractivity (Wildman–Crippen MR) is 133 cm³/mol. The fourth-order valence-electron chi connectivity index (χ4n) is 7.15. The molecule has 5 atom stereocenters. The second kappa shape index (κ2) is 9.14. The first-order valence-electron chi connectivity index (χ1n) is 13.4. The van der Waals surface area contributed by atoms with E-state index in [1.807, 2.05) is 19.9 Å². The van der Waals surface area contributed by atoms with Crippen molar-refractivity contribution < 1.29 is 29.7 Å². The molecule has 3 aliphatic carbocycles. The molecule has 0 radical (unpaired) electrons. The molecule has 4 aliphatic rings. The summed E-state index contributed by atoms with van der Waals surface area (Å²) in [6.07, 6.45) is 4.95. The smallest absolute Gasteiger partial charge is 0.326 e. The standard InChI is InChI=1S/C28H38N2O6/c1-15(2)7-22(26(34)35)30-25(33)10-18-13-28(36)24-12-20-17(8-16-3-4-16)9-19(31)11-21(20)27(28,5-6-29-24)14-23(18)32/h9,11,15-16,18,22,24,29,31,36H,3-8,10,12-14H2,1-2H3,(H,30,33)(H,34,35)/t18-,22-,24+,27+,28+/m0/s1. The number of carboxylic acids is 1. The van der Waals surface area contributed by atoms with Gasteiger partial charge in [-0.3, -0.25) is 9.59 Å². The van der Waals surface area contributed by atoms with Crippen molar-refractivity contribution in [3.8, 4) is 5.75 Å². The molecule has 5 N–H and O–H groups in total. The number of amides is 1. The van der Waals surface area contributed by atoms with Crippen LogP contribution in [0.5, 0.6) is 5.75 Å². The van der Waals surface area contributed by atoms with Crippen molar-refractivity contribution in [1.82, 2.24) is 10.6 Å². The van der Waals surface area contributed by atoms with Crippen molar-refractivity contribution in [2.75, 3.05) is 6.54 Å². The number of aliphatic hydroxyl groups is 1. The quantitative estimate of drug-likeness (QED) is 0.371. The van der Waals surface area contributed by atoms with Crippen molar-refractivity contribution in [1.29, 1.82) is 0 Å². The number of hydrogen-bond donors (Lipinski definition) is 5. The third-order valence-electron chi connectivity index (χ3n) is 9.07. The van der Waals surface area contributed by atoms with Crippen molar-refractivity contribution in [3.63, 3.8) is 0 Å². The van der Waals surface area contributed by atoms with Gasteiger partial charge in [-0.2, -0.15) is 0 Å². The molecule has 3 fully saturated rings. The number of carbonyl (C=O) groups excluding carboxylic acids is 2. The number of phenolic OH excluding ortho intramolecular Hbond substituents is 1. The zero-order valence-corrected chi connectivity index (χ0v) is 21.2. The van der Waals surface area contributed by atoms with Crippen LogP contribution in [0.1, 0.15) is 75.5 Å². The minimum atomic E-state index is -1.23. The van der Waals surface area contributed by atoms with Crippen LogP contribution < -0.4 is 10.6 Å².